The molecule has 20 heavy (non-hydrogen) atoms. The zero-order chi connectivity index (χ0) is 14.5. The molecule has 0 amide bonds. The third-order valence-electron chi connectivity index (χ3n) is 3.84. The summed E-state index contributed by atoms with van der Waals surface area (Å²) in [7, 11) is 0. The molecular weight excluding hydrogens is 250 g/mol. The molecule has 1 unspecified atom stereocenters. The summed E-state index contributed by atoms with van der Waals surface area (Å²) in [6, 6.07) is 14.9. The Kier molecular flexibility index (Phi) is 4.74. The smallest absolute Gasteiger partial charge is 0.304 e. The molecule has 0 bridgehead atoms. The molecule has 0 saturated heterocycles. The Balaban J connectivity index is 2.29. The third kappa shape index (κ3) is 3.17. The van der Waals surface area contributed by atoms with E-state index in [1.165, 1.54) is 16.3 Å². The molecule has 0 spiro atoms. The summed E-state index contributed by atoms with van der Waals surface area (Å²) in [5, 5.41) is 11.3. The van der Waals surface area contributed by atoms with E-state index in [-0.39, 0.29) is 12.5 Å². The number of hydrogen-bond acceptors (Lipinski definition) is 2. The first-order valence-electron chi connectivity index (χ1n) is 7.07. The van der Waals surface area contributed by atoms with Gasteiger partial charge in [-0.3, -0.25) is 9.69 Å². The first-order chi connectivity index (χ1) is 9.63. The Morgan fingerprint density at radius 3 is 2.60 bits per heavy atom. The van der Waals surface area contributed by atoms with Crippen LogP contribution in [-0.4, -0.2) is 29.1 Å². The minimum atomic E-state index is -0.742. The first kappa shape index (κ1) is 14.5. The van der Waals surface area contributed by atoms with Crippen molar-refractivity contribution in [1.29, 1.82) is 0 Å². The Morgan fingerprint density at radius 2 is 1.90 bits per heavy atom. The monoisotopic (exact) mass is 271 g/mol. The van der Waals surface area contributed by atoms with Crippen LogP contribution in [0, 0.1) is 0 Å². The molecule has 2 aromatic rings. The number of carbonyl (C=O) groups is 1. The number of carboxylic acid groups (broad SMARTS) is 1. The molecule has 0 radical (unpaired) electrons. The van der Waals surface area contributed by atoms with Crippen LogP contribution in [0.2, 0.25) is 0 Å². The Hall–Kier alpha value is -1.87. The van der Waals surface area contributed by atoms with Crippen LogP contribution < -0.4 is 0 Å². The van der Waals surface area contributed by atoms with Gasteiger partial charge in [-0.15, -0.1) is 0 Å². The molecule has 0 aromatic heterocycles. The van der Waals surface area contributed by atoms with Crippen molar-refractivity contribution in [3.05, 3.63) is 48.0 Å². The predicted molar refractivity (Wildman–Crippen MR) is 81.9 cm³/mol. The van der Waals surface area contributed by atoms with E-state index in [0.717, 1.165) is 6.54 Å². The van der Waals surface area contributed by atoms with E-state index < -0.39 is 5.97 Å². The molecule has 3 nitrogen and oxygen atoms in total. The summed E-state index contributed by atoms with van der Waals surface area (Å²) in [6.07, 6.45) is 0.183. The van der Waals surface area contributed by atoms with Gasteiger partial charge in [-0.05, 0) is 29.8 Å². The lowest BCUT2D eigenvalue weighted by molar-refractivity contribution is -0.137. The molecule has 106 valence electrons. The van der Waals surface area contributed by atoms with Gasteiger partial charge in [0.2, 0.25) is 0 Å². The Labute approximate surface area is 119 Å². The number of aliphatic carboxylic acids is 1. The highest BCUT2D eigenvalue weighted by Gasteiger charge is 2.16. The second-order valence-electron chi connectivity index (χ2n) is 5.02. The van der Waals surface area contributed by atoms with Gasteiger partial charge < -0.3 is 5.11 Å². The number of carboxylic acids is 1. The van der Waals surface area contributed by atoms with E-state index >= 15 is 0 Å². The van der Waals surface area contributed by atoms with Gasteiger partial charge in [-0.25, -0.2) is 0 Å². The molecular formula is C17H21NO2. The third-order valence-corrected chi connectivity index (χ3v) is 3.84. The molecule has 1 N–H and O–H groups in total. The van der Waals surface area contributed by atoms with E-state index in [4.69, 9.17) is 5.11 Å². The van der Waals surface area contributed by atoms with Crippen LogP contribution in [0.3, 0.4) is 0 Å². The number of hydrogen-bond donors (Lipinski definition) is 1. The van der Waals surface area contributed by atoms with E-state index in [2.05, 4.69) is 49.1 Å². The second kappa shape index (κ2) is 6.53. The van der Waals surface area contributed by atoms with E-state index in [1.807, 2.05) is 12.1 Å². The van der Waals surface area contributed by atoms with Crippen LogP contribution in [0.25, 0.3) is 10.8 Å². The summed E-state index contributed by atoms with van der Waals surface area (Å²) in [6.45, 7) is 5.64. The highest BCUT2D eigenvalue weighted by Crippen LogP contribution is 2.27. The van der Waals surface area contributed by atoms with Crippen molar-refractivity contribution >= 4 is 16.7 Å². The van der Waals surface area contributed by atoms with E-state index in [9.17, 15) is 4.79 Å². The summed E-state index contributed by atoms with van der Waals surface area (Å²) in [5.41, 5.74) is 1.26. The van der Waals surface area contributed by atoms with Crippen molar-refractivity contribution in [2.45, 2.75) is 26.3 Å². The van der Waals surface area contributed by atoms with Gasteiger partial charge in [0.1, 0.15) is 0 Å². The average molecular weight is 271 g/mol. The molecule has 1 atom stereocenters. The summed E-state index contributed by atoms with van der Waals surface area (Å²) in [5.74, 6) is -0.742. The van der Waals surface area contributed by atoms with Crippen molar-refractivity contribution in [3.63, 3.8) is 0 Å². The second-order valence-corrected chi connectivity index (χ2v) is 5.02. The standard InChI is InChI=1S/C17H21NO2/c1-3-18(12-11-17(19)20)13(2)15-10-6-8-14-7-4-5-9-16(14)15/h4-10,13H,3,11-12H2,1-2H3,(H,19,20). The van der Waals surface area contributed by atoms with Gasteiger partial charge >= 0.3 is 5.97 Å². The van der Waals surface area contributed by atoms with Gasteiger partial charge in [-0.2, -0.15) is 0 Å². The first-order valence-corrected chi connectivity index (χ1v) is 7.07. The number of rotatable bonds is 6. The maximum atomic E-state index is 10.8. The van der Waals surface area contributed by atoms with Crippen molar-refractivity contribution in [3.8, 4) is 0 Å². The van der Waals surface area contributed by atoms with E-state index in [0.29, 0.717) is 6.54 Å². The molecule has 0 aliphatic carbocycles. The van der Waals surface area contributed by atoms with Crippen molar-refractivity contribution in [2.75, 3.05) is 13.1 Å². The number of benzene rings is 2. The van der Waals surface area contributed by atoms with Crippen LogP contribution in [0.15, 0.2) is 42.5 Å². The molecule has 0 aliphatic heterocycles. The molecule has 3 heteroatoms. The summed E-state index contributed by atoms with van der Waals surface area (Å²) >= 11 is 0. The maximum absolute atomic E-state index is 10.8. The summed E-state index contributed by atoms with van der Waals surface area (Å²) in [4.78, 5) is 13.0. The SMILES string of the molecule is CCN(CCC(=O)O)C(C)c1cccc2ccccc12. The predicted octanol–water partition coefficient (Wildman–Crippen LogP) is 3.70. The van der Waals surface area contributed by atoms with Crippen LogP contribution in [-0.2, 0) is 4.79 Å². The zero-order valence-electron chi connectivity index (χ0n) is 12.0. The fourth-order valence-electron chi connectivity index (χ4n) is 2.68. The zero-order valence-corrected chi connectivity index (χ0v) is 12.0. The van der Waals surface area contributed by atoms with E-state index in [1.54, 1.807) is 0 Å². The molecule has 2 rings (SSSR count). The Bertz CT molecular complexity index is 589. The van der Waals surface area contributed by atoms with Gasteiger partial charge in [-0.1, -0.05) is 49.4 Å². The van der Waals surface area contributed by atoms with Crippen LogP contribution in [0.4, 0.5) is 0 Å². The highest BCUT2D eigenvalue weighted by molar-refractivity contribution is 5.86. The number of nitrogens with zero attached hydrogens (tertiary/aromatic N) is 1. The van der Waals surface area contributed by atoms with Crippen molar-refractivity contribution in [1.82, 2.24) is 4.90 Å². The number of fused-ring (bicyclic) bond motifs is 1. The highest BCUT2D eigenvalue weighted by atomic mass is 16.4. The summed E-state index contributed by atoms with van der Waals surface area (Å²) < 4.78 is 0. The topological polar surface area (TPSA) is 40.5 Å². The van der Waals surface area contributed by atoms with Gasteiger partial charge in [0, 0.05) is 12.6 Å². The molecule has 0 fully saturated rings. The lowest BCUT2D eigenvalue weighted by Gasteiger charge is -2.28. The molecule has 0 saturated carbocycles. The van der Waals surface area contributed by atoms with Crippen LogP contribution in [0.5, 0.6) is 0 Å². The van der Waals surface area contributed by atoms with Crippen LogP contribution in [0.1, 0.15) is 31.9 Å². The molecule has 0 aliphatic rings. The van der Waals surface area contributed by atoms with Crippen molar-refractivity contribution in [2.24, 2.45) is 0 Å². The van der Waals surface area contributed by atoms with Gasteiger partial charge in [0.05, 0.1) is 6.42 Å². The molecule has 2 aromatic carbocycles. The minimum Gasteiger partial charge on any atom is -0.481 e. The minimum absolute atomic E-state index is 0.183. The van der Waals surface area contributed by atoms with Gasteiger partial charge in [0.25, 0.3) is 0 Å². The van der Waals surface area contributed by atoms with Crippen LogP contribution >= 0.6 is 0 Å². The Morgan fingerprint density at radius 1 is 1.20 bits per heavy atom. The average Bonchev–Trinajstić information content (AvgIpc) is 2.46. The lowest BCUT2D eigenvalue weighted by Crippen LogP contribution is -2.29. The normalized spacial score (nSPS) is 12.8. The fraction of sp³-hybridized carbons (Fsp3) is 0.353. The maximum Gasteiger partial charge on any atom is 0.304 e. The quantitative estimate of drug-likeness (QED) is 0.871. The molecule has 0 heterocycles. The van der Waals surface area contributed by atoms with Crippen molar-refractivity contribution < 1.29 is 9.90 Å². The van der Waals surface area contributed by atoms with Gasteiger partial charge in [0.15, 0.2) is 0 Å². The fourth-order valence-corrected chi connectivity index (χ4v) is 2.68. The lowest BCUT2D eigenvalue weighted by atomic mass is 9.98. The largest absolute Gasteiger partial charge is 0.481 e.